The third-order valence-electron chi connectivity index (χ3n) is 2.96. The molecule has 0 aliphatic rings. The zero-order chi connectivity index (χ0) is 20.3. The van der Waals surface area contributed by atoms with Gasteiger partial charge in [-0.05, 0) is 30.4 Å². The van der Waals surface area contributed by atoms with Gasteiger partial charge in [0, 0.05) is 5.92 Å². The number of amides is 1. The molecule has 0 aliphatic carbocycles. The van der Waals surface area contributed by atoms with Gasteiger partial charge in [0.2, 0.25) is 9.70 Å². The molecule has 3 N–H and O–H groups in total. The maximum absolute atomic E-state index is 12.8. The summed E-state index contributed by atoms with van der Waals surface area (Å²) in [4.78, 5) is 11.8. The molecule has 0 saturated carbocycles. The van der Waals surface area contributed by atoms with E-state index >= 15 is 0 Å². The normalized spacial score (nSPS) is 13.3. The largest absolute Gasteiger partial charge is 0.416 e. The number of hydrogen-bond acceptors (Lipinski definition) is 2. The summed E-state index contributed by atoms with van der Waals surface area (Å²) >= 11 is 28.3. The molecule has 0 saturated heterocycles. The summed E-state index contributed by atoms with van der Waals surface area (Å²) in [5.41, 5.74) is -1.02. The van der Waals surface area contributed by atoms with E-state index in [4.69, 9.17) is 58.6 Å². The molecular formula is C14H14Cl4F3N3OS. The fourth-order valence-corrected chi connectivity index (χ4v) is 2.32. The number of benzene rings is 1. The first-order chi connectivity index (χ1) is 11.7. The zero-order valence-electron chi connectivity index (χ0n) is 13.3. The Balaban J connectivity index is 2.94. The highest BCUT2D eigenvalue weighted by Gasteiger charge is 2.35. The van der Waals surface area contributed by atoms with Crippen molar-refractivity contribution in [2.75, 3.05) is 5.32 Å². The summed E-state index contributed by atoms with van der Waals surface area (Å²) in [6, 6.07) is 2.69. The summed E-state index contributed by atoms with van der Waals surface area (Å²) in [6.07, 6.45) is -5.78. The van der Waals surface area contributed by atoms with Crippen molar-refractivity contribution in [2.24, 2.45) is 5.92 Å². The van der Waals surface area contributed by atoms with Gasteiger partial charge < -0.3 is 16.0 Å². The molecule has 26 heavy (non-hydrogen) atoms. The minimum absolute atomic E-state index is 0.00111. The Morgan fingerprint density at radius 2 is 1.73 bits per heavy atom. The Bertz CT molecular complexity index is 680. The average molecular weight is 471 g/mol. The molecule has 4 nitrogen and oxygen atoms in total. The number of carbonyl (C=O) groups excluding carboxylic acids is 1. The molecule has 0 heterocycles. The van der Waals surface area contributed by atoms with Crippen LogP contribution in [0.4, 0.5) is 18.9 Å². The van der Waals surface area contributed by atoms with Gasteiger partial charge in [0.1, 0.15) is 6.17 Å². The lowest BCUT2D eigenvalue weighted by molar-refractivity contribution is -0.137. The predicted octanol–water partition coefficient (Wildman–Crippen LogP) is 5.11. The summed E-state index contributed by atoms with van der Waals surface area (Å²) in [7, 11) is 0. The van der Waals surface area contributed by atoms with Crippen LogP contribution in [0.25, 0.3) is 0 Å². The third-order valence-corrected chi connectivity index (χ3v) is 4.16. The molecule has 0 bridgehead atoms. The molecule has 1 aromatic rings. The molecule has 1 rings (SSSR count). The Morgan fingerprint density at radius 1 is 1.15 bits per heavy atom. The zero-order valence-corrected chi connectivity index (χ0v) is 17.2. The van der Waals surface area contributed by atoms with Crippen molar-refractivity contribution in [2.45, 2.75) is 30.0 Å². The second-order valence-electron chi connectivity index (χ2n) is 5.43. The summed E-state index contributed by atoms with van der Waals surface area (Å²) in [6.45, 7) is 3.26. The first kappa shape index (κ1) is 23.4. The lowest BCUT2D eigenvalue weighted by atomic mass is 10.2. The van der Waals surface area contributed by atoms with Crippen LogP contribution in [0.15, 0.2) is 18.2 Å². The van der Waals surface area contributed by atoms with Crippen LogP contribution in [-0.2, 0) is 11.0 Å². The molecule has 12 heteroatoms. The molecule has 0 radical (unpaired) electrons. The van der Waals surface area contributed by atoms with E-state index in [1.807, 2.05) is 0 Å². The van der Waals surface area contributed by atoms with Crippen molar-refractivity contribution in [1.82, 2.24) is 10.6 Å². The van der Waals surface area contributed by atoms with E-state index in [-0.39, 0.29) is 15.8 Å². The molecule has 0 aliphatic heterocycles. The highest BCUT2D eigenvalue weighted by Crippen LogP contribution is 2.34. The Kier molecular flexibility index (Phi) is 8.10. The van der Waals surface area contributed by atoms with Gasteiger partial charge in [-0.15, -0.1) is 0 Å². The van der Waals surface area contributed by atoms with Crippen LogP contribution in [0.5, 0.6) is 0 Å². The monoisotopic (exact) mass is 469 g/mol. The number of rotatable bonds is 4. The smallest absolute Gasteiger partial charge is 0.339 e. The van der Waals surface area contributed by atoms with E-state index in [1.54, 1.807) is 13.8 Å². The van der Waals surface area contributed by atoms with E-state index in [9.17, 15) is 18.0 Å². The molecule has 0 fully saturated rings. The number of halogens is 7. The minimum Gasteiger partial charge on any atom is -0.339 e. The quantitative estimate of drug-likeness (QED) is 0.325. The number of anilines is 1. The molecule has 146 valence electrons. The Morgan fingerprint density at radius 3 is 2.19 bits per heavy atom. The predicted molar refractivity (Wildman–Crippen MR) is 103 cm³/mol. The van der Waals surface area contributed by atoms with Crippen LogP contribution < -0.4 is 16.0 Å². The Hall–Kier alpha value is -0.670. The van der Waals surface area contributed by atoms with Crippen molar-refractivity contribution in [1.29, 1.82) is 0 Å². The molecule has 0 spiro atoms. The number of nitrogens with one attached hydrogen (secondary N) is 3. The maximum atomic E-state index is 12.8. The van der Waals surface area contributed by atoms with E-state index in [0.717, 1.165) is 18.2 Å². The van der Waals surface area contributed by atoms with Crippen molar-refractivity contribution >= 4 is 75.3 Å². The molecule has 1 atom stereocenters. The Labute approximate surface area is 173 Å². The van der Waals surface area contributed by atoms with E-state index in [2.05, 4.69) is 16.0 Å². The highest BCUT2D eigenvalue weighted by molar-refractivity contribution is 7.80. The first-order valence-corrected chi connectivity index (χ1v) is 8.95. The minimum atomic E-state index is -4.55. The van der Waals surface area contributed by atoms with Crippen molar-refractivity contribution in [3.8, 4) is 0 Å². The van der Waals surface area contributed by atoms with E-state index in [1.165, 1.54) is 0 Å². The maximum Gasteiger partial charge on any atom is 0.416 e. The summed E-state index contributed by atoms with van der Waals surface area (Å²) < 4.78 is 36.4. The lowest BCUT2D eigenvalue weighted by Gasteiger charge is -2.28. The lowest BCUT2D eigenvalue weighted by Crippen LogP contribution is -2.56. The summed E-state index contributed by atoms with van der Waals surface area (Å²) in [5, 5.41) is 7.25. The fraction of sp³-hybridized carbons (Fsp3) is 0.429. The average Bonchev–Trinajstić information content (AvgIpc) is 2.46. The highest BCUT2D eigenvalue weighted by atomic mass is 35.6. The van der Waals surface area contributed by atoms with E-state index in [0.29, 0.717) is 0 Å². The molecular weight excluding hydrogens is 457 g/mol. The van der Waals surface area contributed by atoms with Crippen LogP contribution in [0.1, 0.15) is 19.4 Å². The number of thiocarbonyl (C=S) groups is 1. The van der Waals surface area contributed by atoms with Gasteiger partial charge in [-0.3, -0.25) is 4.79 Å². The number of alkyl halides is 6. The number of hydrogen-bond donors (Lipinski definition) is 3. The third kappa shape index (κ3) is 7.15. The fourth-order valence-electron chi connectivity index (χ4n) is 1.60. The van der Waals surface area contributed by atoms with Gasteiger partial charge in [-0.2, -0.15) is 13.2 Å². The van der Waals surface area contributed by atoms with Gasteiger partial charge in [0.15, 0.2) is 5.11 Å². The van der Waals surface area contributed by atoms with Crippen LogP contribution in [-0.4, -0.2) is 21.0 Å². The van der Waals surface area contributed by atoms with Crippen molar-refractivity contribution in [3.63, 3.8) is 0 Å². The molecule has 1 unspecified atom stereocenters. The van der Waals surface area contributed by atoms with Crippen LogP contribution in [0.3, 0.4) is 0 Å². The number of carbonyl (C=O) groups is 1. The van der Waals surface area contributed by atoms with Gasteiger partial charge in [-0.25, -0.2) is 0 Å². The SMILES string of the molecule is CC(C)C(=O)NC(NC(=S)Nc1cc(C(F)(F)F)ccc1Cl)C(Cl)(Cl)Cl. The van der Waals surface area contributed by atoms with Gasteiger partial charge >= 0.3 is 6.18 Å². The van der Waals surface area contributed by atoms with Crippen LogP contribution >= 0.6 is 58.6 Å². The van der Waals surface area contributed by atoms with Gasteiger partial charge in [0.25, 0.3) is 0 Å². The van der Waals surface area contributed by atoms with Gasteiger partial charge in [-0.1, -0.05) is 60.3 Å². The van der Waals surface area contributed by atoms with Crippen molar-refractivity contribution in [3.05, 3.63) is 28.8 Å². The molecule has 0 aromatic heterocycles. The second-order valence-corrected chi connectivity index (χ2v) is 8.61. The van der Waals surface area contributed by atoms with Crippen LogP contribution in [0, 0.1) is 5.92 Å². The first-order valence-electron chi connectivity index (χ1n) is 7.03. The standard InChI is InChI=1S/C14H14Cl4F3N3OS/c1-6(2)10(25)23-11(13(16,17)18)24-12(26)22-9-5-7(14(19,20)21)3-4-8(9)15/h3-6,11H,1-2H3,(H,23,25)(H2,22,24,26). The van der Waals surface area contributed by atoms with E-state index < -0.39 is 33.5 Å². The summed E-state index contributed by atoms with van der Waals surface area (Å²) in [5.74, 6) is -0.820. The molecule has 1 aromatic carbocycles. The molecule has 1 amide bonds. The second kappa shape index (κ2) is 9.01. The topological polar surface area (TPSA) is 53.2 Å². The van der Waals surface area contributed by atoms with Crippen LogP contribution in [0.2, 0.25) is 5.02 Å². The van der Waals surface area contributed by atoms with Gasteiger partial charge in [0.05, 0.1) is 16.3 Å². The van der Waals surface area contributed by atoms with Crippen molar-refractivity contribution < 1.29 is 18.0 Å².